The first-order valence-corrected chi connectivity index (χ1v) is 9.78. The van der Waals surface area contributed by atoms with Crippen LogP contribution in [-0.2, 0) is 9.59 Å². The maximum Gasteiger partial charge on any atom is 0.332 e. The van der Waals surface area contributed by atoms with Gasteiger partial charge in [0.15, 0.2) is 0 Å². The Morgan fingerprint density at radius 3 is 2.57 bits per heavy atom. The average molecular weight is 378 g/mol. The van der Waals surface area contributed by atoms with E-state index in [-0.39, 0.29) is 12.5 Å². The predicted octanol–water partition coefficient (Wildman–Crippen LogP) is 2.44. The van der Waals surface area contributed by atoms with E-state index in [1.807, 2.05) is 24.3 Å². The van der Waals surface area contributed by atoms with Crippen LogP contribution in [0.15, 0.2) is 36.7 Å². The van der Waals surface area contributed by atoms with Crippen molar-refractivity contribution in [1.82, 2.24) is 9.88 Å². The minimum atomic E-state index is -0.941. The fourth-order valence-electron chi connectivity index (χ4n) is 5.03. The Bertz CT molecular complexity index is 989. The zero-order valence-electron chi connectivity index (χ0n) is 15.5. The lowest BCUT2D eigenvalue weighted by Crippen LogP contribution is -2.61. The summed E-state index contributed by atoms with van der Waals surface area (Å²) in [6.45, 7) is -0.239. The average Bonchev–Trinajstić information content (AvgIpc) is 2.80. The zero-order chi connectivity index (χ0) is 19.5. The summed E-state index contributed by atoms with van der Waals surface area (Å²) in [6, 6.07) is 7.04. The molecule has 28 heavy (non-hydrogen) atoms. The molecule has 1 aromatic carbocycles. The molecule has 144 valence electrons. The lowest BCUT2D eigenvalue weighted by atomic mass is 9.58. The highest BCUT2D eigenvalue weighted by Crippen LogP contribution is 2.55. The second-order valence-corrected chi connectivity index (χ2v) is 8.25. The van der Waals surface area contributed by atoms with Gasteiger partial charge in [0.05, 0.1) is 11.9 Å². The first-order valence-electron chi connectivity index (χ1n) is 9.78. The number of anilines is 1. The van der Waals surface area contributed by atoms with Gasteiger partial charge in [-0.15, -0.1) is 0 Å². The van der Waals surface area contributed by atoms with E-state index in [9.17, 15) is 14.4 Å². The van der Waals surface area contributed by atoms with Crippen molar-refractivity contribution in [1.29, 1.82) is 0 Å². The molecule has 1 aromatic heterocycles. The van der Waals surface area contributed by atoms with Gasteiger partial charge in [0, 0.05) is 17.0 Å². The number of urea groups is 1. The summed E-state index contributed by atoms with van der Waals surface area (Å²) in [5.74, 6) is 0.210. The minimum Gasteiger partial charge on any atom is -0.368 e. The Labute approximate surface area is 162 Å². The van der Waals surface area contributed by atoms with Crippen LogP contribution in [0, 0.1) is 11.8 Å². The van der Waals surface area contributed by atoms with E-state index in [0.717, 1.165) is 10.8 Å². The number of rotatable bonds is 4. The number of aromatic nitrogens is 1. The molecule has 3 aliphatic rings. The molecular weight excluding hydrogens is 356 g/mol. The van der Waals surface area contributed by atoms with E-state index in [1.54, 1.807) is 12.4 Å². The van der Waals surface area contributed by atoms with Crippen molar-refractivity contribution >= 4 is 34.3 Å². The van der Waals surface area contributed by atoms with Gasteiger partial charge in [0.1, 0.15) is 12.1 Å². The largest absolute Gasteiger partial charge is 0.368 e. The Morgan fingerprint density at radius 1 is 1.14 bits per heavy atom. The number of amides is 4. The van der Waals surface area contributed by atoms with E-state index >= 15 is 0 Å². The van der Waals surface area contributed by atoms with Crippen molar-refractivity contribution in [2.75, 3.05) is 11.4 Å². The highest BCUT2D eigenvalue weighted by molar-refractivity contribution is 6.26. The van der Waals surface area contributed by atoms with Gasteiger partial charge in [-0.25, -0.2) is 9.69 Å². The fraction of sp³-hybridized carbons (Fsp3) is 0.429. The molecule has 2 aromatic rings. The second-order valence-electron chi connectivity index (χ2n) is 8.25. The third-order valence-electron chi connectivity index (χ3n) is 6.76. The van der Waals surface area contributed by atoms with Crippen LogP contribution in [0.2, 0.25) is 0 Å². The lowest BCUT2D eigenvalue weighted by Gasteiger charge is -2.52. The SMILES string of the molecule is NC(=O)CN1C(=O)N(c2cncc3ccccc23)C(=O)C12CC(C1CCC1)C2. The monoisotopic (exact) mass is 378 g/mol. The number of benzene rings is 1. The molecule has 4 amide bonds. The summed E-state index contributed by atoms with van der Waals surface area (Å²) in [5, 5.41) is 1.63. The van der Waals surface area contributed by atoms with Crippen LogP contribution in [0.25, 0.3) is 10.8 Å². The fourth-order valence-corrected chi connectivity index (χ4v) is 5.03. The predicted molar refractivity (Wildman–Crippen MR) is 103 cm³/mol. The van der Waals surface area contributed by atoms with Gasteiger partial charge in [-0.1, -0.05) is 43.5 Å². The number of primary amides is 1. The number of nitrogens with zero attached hydrogens (tertiary/aromatic N) is 3. The van der Waals surface area contributed by atoms with Gasteiger partial charge in [-0.2, -0.15) is 0 Å². The molecule has 1 aliphatic heterocycles. The summed E-state index contributed by atoms with van der Waals surface area (Å²) >= 11 is 0. The molecule has 2 N–H and O–H groups in total. The standard InChI is InChI=1S/C21H22N4O3/c22-18(26)12-24-20(28)25(17-11-23-10-14-4-1-2-7-16(14)17)19(27)21(24)8-15(9-21)13-5-3-6-13/h1-2,4,7,10-11,13,15H,3,5-6,8-9,12H2,(H2,22,26). The van der Waals surface area contributed by atoms with Gasteiger partial charge in [0.2, 0.25) is 5.91 Å². The maximum absolute atomic E-state index is 13.5. The van der Waals surface area contributed by atoms with Gasteiger partial charge in [0.25, 0.3) is 5.91 Å². The molecule has 5 rings (SSSR count). The van der Waals surface area contributed by atoms with Gasteiger partial charge in [-0.05, 0) is 24.7 Å². The lowest BCUT2D eigenvalue weighted by molar-refractivity contribution is -0.136. The van der Waals surface area contributed by atoms with Crippen molar-refractivity contribution in [3.8, 4) is 0 Å². The number of fused-ring (bicyclic) bond motifs is 1. The molecule has 0 bridgehead atoms. The molecule has 1 spiro atoms. The van der Waals surface area contributed by atoms with Crippen LogP contribution >= 0.6 is 0 Å². The van der Waals surface area contributed by atoms with E-state index in [4.69, 9.17) is 5.73 Å². The molecule has 0 atom stereocenters. The number of nitrogens with two attached hydrogens (primary N) is 1. The van der Waals surface area contributed by atoms with Crippen molar-refractivity contribution in [3.63, 3.8) is 0 Å². The van der Waals surface area contributed by atoms with Crippen LogP contribution in [0.3, 0.4) is 0 Å². The Morgan fingerprint density at radius 2 is 1.89 bits per heavy atom. The minimum absolute atomic E-state index is 0.239. The highest BCUT2D eigenvalue weighted by Gasteiger charge is 2.65. The van der Waals surface area contributed by atoms with Crippen LogP contribution in [-0.4, -0.2) is 39.8 Å². The van der Waals surface area contributed by atoms with Crippen molar-refractivity contribution < 1.29 is 14.4 Å². The number of imide groups is 1. The smallest absolute Gasteiger partial charge is 0.332 e. The second kappa shape index (κ2) is 6.02. The molecular formula is C21H22N4O3. The normalized spacial score (nSPS) is 27.4. The number of hydrogen-bond donors (Lipinski definition) is 1. The molecule has 0 unspecified atom stereocenters. The van der Waals surface area contributed by atoms with Crippen molar-refractivity contribution in [2.45, 2.75) is 37.6 Å². The molecule has 0 radical (unpaired) electrons. The molecule has 1 saturated heterocycles. The van der Waals surface area contributed by atoms with Crippen LogP contribution in [0.1, 0.15) is 32.1 Å². The first kappa shape index (κ1) is 17.2. The number of carbonyl (C=O) groups excluding carboxylic acids is 3. The Kier molecular flexibility index (Phi) is 3.69. The highest BCUT2D eigenvalue weighted by atomic mass is 16.2. The van der Waals surface area contributed by atoms with Gasteiger partial charge in [-0.3, -0.25) is 19.5 Å². The van der Waals surface area contributed by atoms with Crippen molar-refractivity contribution in [3.05, 3.63) is 36.7 Å². The maximum atomic E-state index is 13.5. The Hall–Kier alpha value is -2.96. The number of hydrogen-bond acceptors (Lipinski definition) is 4. The first-order chi connectivity index (χ1) is 13.5. The molecule has 7 heteroatoms. The number of carbonyl (C=O) groups is 3. The summed E-state index contributed by atoms with van der Waals surface area (Å²) in [4.78, 5) is 45.2. The molecule has 3 fully saturated rings. The third kappa shape index (κ3) is 2.28. The van der Waals surface area contributed by atoms with E-state index < -0.39 is 17.5 Å². The molecule has 2 saturated carbocycles. The third-order valence-corrected chi connectivity index (χ3v) is 6.76. The van der Waals surface area contributed by atoms with Gasteiger partial charge >= 0.3 is 6.03 Å². The summed E-state index contributed by atoms with van der Waals surface area (Å²) in [6.07, 6.45) is 8.10. The molecule has 2 aliphatic carbocycles. The van der Waals surface area contributed by atoms with Crippen molar-refractivity contribution in [2.24, 2.45) is 17.6 Å². The van der Waals surface area contributed by atoms with E-state index in [0.29, 0.717) is 30.4 Å². The van der Waals surface area contributed by atoms with E-state index in [2.05, 4.69) is 4.98 Å². The molecule has 2 heterocycles. The van der Waals surface area contributed by atoms with E-state index in [1.165, 1.54) is 29.1 Å². The van der Waals surface area contributed by atoms with Crippen LogP contribution in [0.5, 0.6) is 0 Å². The topological polar surface area (TPSA) is 96.6 Å². The summed E-state index contributed by atoms with van der Waals surface area (Å²) in [7, 11) is 0. The summed E-state index contributed by atoms with van der Waals surface area (Å²) in [5.41, 5.74) is 4.93. The van der Waals surface area contributed by atoms with Crippen LogP contribution < -0.4 is 10.6 Å². The number of pyridine rings is 1. The van der Waals surface area contributed by atoms with Crippen LogP contribution in [0.4, 0.5) is 10.5 Å². The molecule has 7 nitrogen and oxygen atoms in total. The Balaban J connectivity index is 1.55. The quantitative estimate of drug-likeness (QED) is 0.827. The van der Waals surface area contributed by atoms with Gasteiger partial charge < -0.3 is 5.73 Å². The zero-order valence-corrected chi connectivity index (χ0v) is 15.5. The summed E-state index contributed by atoms with van der Waals surface area (Å²) < 4.78 is 0.